The molecule has 2 aromatic carbocycles. The number of esters is 1. The molecule has 0 aromatic heterocycles. The molecule has 4 rings (SSSR count). The predicted molar refractivity (Wildman–Crippen MR) is 97.1 cm³/mol. The summed E-state index contributed by atoms with van der Waals surface area (Å²) in [5.41, 5.74) is 1.95. The summed E-state index contributed by atoms with van der Waals surface area (Å²) in [5.74, 6) is -0.778. The van der Waals surface area contributed by atoms with Gasteiger partial charge in [-0.15, -0.1) is 0 Å². The molecule has 0 saturated carbocycles. The summed E-state index contributed by atoms with van der Waals surface area (Å²) < 4.78 is 5.48. The van der Waals surface area contributed by atoms with E-state index in [2.05, 4.69) is 4.90 Å². The molecule has 5 nitrogen and oxygen atoms in total. The fraction of sp³-hybridized carbons (Fsp3) is 0.286. The van der Waals surface area contributed by atoms with E-state index in [0.29, 0.717) is 22.4 Å². The third-order valence-electron chi connectivity index (χ3n) is 4.97. The van der Waals surface area contributed by atoms with Crippen LogP contribution in [-0.2, 0) is 4.79 Å². The van der Waals surface area contributed by atoms with Crippen LogP contribution in [0, 0.1) is 0 Å². The van der Waals surface area contributed by atoms with E-state index in [9.17, 15) is 14.4 Å². The Morgan fingerprint density at radius 1 is 0.885 bits per heavy atom. The predicted octanol–water partition coefficient (Wildman–Crippen LogP) is 3.38. The number of carbonyl (C=O) groups is 3. The molecule has 0 unspecified atom stereocenters. The van der Waals surface area contributed by atoms with Crippen molar-refractivity contribution in [3.05, 3.63) is 58.7 Å². The highest BCUT2D eigenvalue weighted by molar-refractivity contribution is 6.29. The molecule has 0 atom stereocenters. The van der Waals surface area contributed by atoms with Crippen LogP contribution in [-0.4, -0.2) is 30.6 Å². The topological polar surface area (TPSA) is 63.7 Å². The lowest BCUT2D eigenvalue weighted by Crippen LogP contribution is -2.31. The summed E-state index contributed by atoms with van der Waals surface area (Å²) in [7, 11) is 0. The lowest BCUT2D eigenvalue weighted by Gasteiger charge is -2.31. The molecule has 1 aliphatic carbocycles. The third-order valence-corrected chi connectivity index (χ3v) is 4.97. The van der Waals surface area contributed by atoms with Gasteiger partial charge in [0.25, 0.3) is 0 Å². The van der Waals surface area contributed by atoms with Crippen LogP contribution >= 0.6 is 0 Å². The first-order valence-corrected chi connectivity index (χ1v) is 8.86. The highest BCUT2D eigenvalue weighted by Gasteiger charge is 2.35. The minimum atomic E-state index is -0.504. The number of fused-ring (bicyclic) bond motifs is 2. The Balaban J connectivity index is 1.92. The van der Waals surface area contributed by atoms with Gasteiger partial charge in [-0.2, -0.15) is 0 Å². The van der Waals surface area contributed by atoms with Gasteiger partial charge in [-0.1, -0.05) is 24.3 Å². The monoisotopic (exact) mass is 349 g/mol. The highest BCUT2D eigenvalue weighted by atomic mass is 16.5. The van der Waals surface area contributed by atoms with Gasteiger partial charge in [0, 0.05) is 36.7 Å². The first kappa shape index (κ1) is 16.5. The molecule has 0 bridgehead atoms. The van der Waals surface area contributed by atoms with E-state index < -0.39 is 5.97 Å². The van der Waals surface area contributed by atoms with E-state index in [1.165, 1.54) is 6.92 Å². The van der Waals surface area contributed by atoms with Crippen LogP contribution in [0.4, 0.5) is 5.69 Å². The van der Waals surface area contributed by atoms with Gasteiger partial charge >= 0.3 is 5.97 Å². The molecular formula is C21H19NO4. The lowest BCUT2D eigenvalue weighted by atomic mass is 9.83. The maximum atomic E-state index is 13.1. The molecule has 1 fully saturated rings. The molecule has 2 aliphatic rings. The van der Waals surface area contributed by atoms with Gasteiger partial charge in [0.1, 0.15) is 0 Å². The number of carbonyl (C=O) groups excluding carboxylic acids is 3. The zero-order valence-corrected chi connectivity index (χ0v) is 14.6. The van der Waals surface area contributed by atoms with Crippen LogP contribution in [0.5, 0.6) is 5.75 Å². The van der Waals surface area contributed by atoms with E-state index in [1.54, 1.807) is 36.4 Å². The zero-order valence-electron chi connectivity index (χ0n) is 14.6. The van der Waals surface area contributed by atoms with E-state index >= 15 is 0 Å². The Labute approximate surface area is 151 Å². The van der Waals surface area contributed by atoms with Crippen LogP contribution in [0.1, 0.15) is 58.0 Å². The van der Waals surface area contributed by atoms with Crippen molar-refractivity contribution in [3.63, 3.8) is 0 Å². The van der Waals surface area contributed by atoms with Crippen LogP contribution in [0.3, 0.4) is 0 Å². The van der Waals surface area contributed by atoms with Crippen LogP contribution in [0.15, 0.2) is 36.4 Å². The van der Waals surface area contributed by atoms with Crippen molar-refractivity contribution in [2.45, 2.75) is 26.2 Å². The molecule has 1 saturated heterocycles. The second-order valence-electron chi connectivity index (χ2n) is 6.68. The van der Waals surface area contributed by atoms with Gasteiger partial charge in [0.2, 0.25) is 0 Å². The van der Waals surface area contributed by atoms with Crippen molar-refractivity contribution in [3.8, 4) is 5.75 Å². The molecule has 1 heterocycles. The Morgan fingerprint density at radius 3 is 2.19 bits per heavy atom. The number of ether oxygens (including phenoxy) is 1. The van der Waals surface area contributed by atoms with Gasteiger partial charge in [-0.05, 0) is 31.4 Å². The third kappa shape index (κ3) is 2.60. The average molecular weight is 349 g/mol. The van der Waals surface area contributed by atoms with Crippen molar-refractivity contribution in [1.82, 2.24) is 0 Å². The molecule has 0 spiro atoms. The van der Waals surface area contributed by atoms with Crippen molar-refractivity contribution in [2.75, 3.05) is 18.0 Å². The van der Waals surface area contributed by atoms with Crippen molar-refractivity contribution in [1.29, 1.82) is 0 Å². The summed E-state index contributed by atoms with van der Waals surface area (Å²) in [6.07, 6.45) is 3.26. The molecule has 1 aliphatic heterocycles. The Morgan fingerprint density at radius 2 is 1.54 bits per heavy atom. The summed E-state index contributed by atoms with van der Waals surface area (Å²) in [6.45, 7) is 2.99. The fourth-order valence-electron chi connectivity index (χ4n) is 3.78. The normalized spacial score (nSPS) is 16.1. The quantitative estimate of drug-likeness (QED) is 0.524. The van der Waals surface area contributed by atoms with Crippen LogP contribution in [0.2, 0.25) is 0 Å². The standard InChI is InChI=1S/C21H19NO4/c1-13(23)26-21-17(22-11-5-2-6-12-22)10-9-16-18(21)20(25)15-8-4-3-7-14(15)19(16)24/h3-4,7-10H,2,5-6,11-12H2,1H3. The molecular weight excluding hydrogens is 330 g/mol. The molecule has 2 aromatic rings. The van der Waals surface area contributed by atoms with E-state index in [4.69, 9.17) is 4.74 Å². The number of ketones is 2. The maximum Gasteiger partial charge on any atom is 0.308 e. The summed E-state index contributed by atoms with van der Waals surface area (Å²) in [5, 5.41) is 0. The largest absolute Gasteiger partial charge is 0.424 e. The Bertz CT molecular complexity index is 926. The fourth-order valence-corrected chi connectivity index (χ4v) is 3.78. The lowest BCUT2D eigenvalue weighted by molar-refractivity contribution is -0.131. The van der Waals surface area contributed by atoms with Gasteiger partial charge < -0.3 is 9.64 Å². The number of benzene rings is 2. The molecule has 0 amide bonds. The molecule has 26 heavy (non-hydrogen) atoms. The van der Waals surface area contributed by atoms with Crippen molar-refractivity contribution in [2.24, 2.45) is 0 Å². The van der Waals surface area contributed by atoms with E-state index in [-0.39, 0.29) is 22.9 Å². The van der Waals surface area contributed by atoms with Crippen molar-refractivity contribution >= 4 is 23.2 Å². The molecule has 5 heteroatoms. The zero-order chi connectivity index (χ0) is 18.3. The Hall–Kier alpha value is -2.95. The van der Waals surface area contributed by atoms with Gasteiger partial charge in [-0.3, -0.25) is 14.4 Å². The second kappa shape index (κ2) is 6.41. The van der Waals surface area contributed by atoms with Gasteiger partial charge in [0.05, 0.1) is 11.3 Å². The summed E-state index contributed by atoms with van der Waals surface area (Å²) in [4.78, 5) is 39.9. The average Bonchev–Trinajstić information content (AvgIpc) is 2.66. The number of nitrogens with zero attached hydrogens (tertiary/aromatic N) is 1. The smallest absolute Gasteiger partial charge is 0.308 e. The number of piperidine rings is 1. The summed E-state index contributed by atoms with van der Waals surface area (Å²) >= 11 is 0. The molecule has 0 N–H and O–H groups in total. The number of hydrogen-bond donors (Lipinski definition) is 0. The van der Waals surface area contributed by atoms with Gasteiger partial charge in [-0.25, -0.2) is 0 Å². The van der Waals surface area contributed by atoms with Crippen LogP contribution < -0.4 is 9.64 Å². The van der Waals surface area contributed by atoms with E-state index in [1.807, 2.05) is 0 Å². The first-order valence-electron chi connectivity index (χ1n) is 8.86. The molecule has 132 valence electrons. The van der Waals surface area contributed by atoms with Gasteiger partial charge in [0.15, 0.2) is 17.3 Å². The van der Waals surface area contributed by atoms with E-state index in [0.717, 1.165) is 32.4 Å². The van der Waals surface area contributed by atoms with Crippen LogP contribution in [0.25, 0.3) is 0 Å². The number of rotatable bonds is 2. The SMILES string of the molecule is CC(=O)Oc1c(N2CCCCC2)ccc2c1C(=O)c1ccccc1C2=O. The van der Waals surface area contributed by atoms with Crippen molar-refractivity contribution < 1.29 is 19.1 Å². The minimum absolute atomic E-state index is 0.201. The first-order chi connectivity index (χ1) is 12.6. The number of hydrogen-bond acceptors (Lipinski definition) is 5. The summed E-state index contributed by atoms with van der Waals surface area (Å²) in [6, 6.07) is 10.2. The molecule has 0 radical (unpaired) electrons. The Kier molecular flexibility index (Phi) is 4.07. The minimum Gasteiger partial charge on any atom is -0.424 e. The maximum absolute atomic E-state index is 13.1. The number of anilines is 1. The second-order valence-corrected chi connectivity index (χ2v) is 6.68. The highest BCUT2D eigenvalue weighted by Crippen LogP contribution is 2.40.